The van der Waals surface area contributed by atoms with E-state index in [1.54, 1.807) is 0 Å². The van der Waals surface area contributed by atoms with E-state index in [1.165, 1.54) is 19.3 Å². The number of hydrogen-bond acceptors (Lipinski definition) is 2. The predicted molar refractivity (Wildman–Crippen MR) is 74.9 cm³/mol. The lowest BCUT2D eigenvalue weighted by atomic mass is 10.1. The number of carbonyl (C=O) groups is 1. The molecule has 2 atom stereocenters. The smallest absolute Gasteiger partial charge is 0.251 e. The zero-order valence-corrected chi connectivity index (χ0v) is 11.2. The molecule has 1 aliphatic rings. The number of benzene rings is 1. The Morgan fingerprint density at radius 2 is 2.00 bits per heavy atom. The Kier molecular flexibility index (Phi) is 4.24. The monoisotopic (exact) mass is 246 g/mol. The average molecular weight is 246 g/mol. The molecular formula is C15H22N2O. The van der Waals surface area contributed by atoms with Crippen LogP contribution in [0, 0.1) is 5.92 Å². The van der Waals surface area contributed by atoms with Crippen molar-refractivity contribution in [3.63, 3.8) is 0 Å². The minimum Gasteiger partial charge on any atom is -0.382 e. The van der Waals surface area contributed by atoms with Gasteiger partial charge in [-0.1, -0.05) is 6.92 Å². The van der Waals surface area contributed by atoms with Crippen molar-refractivity contribution in [3.05, 3.63) is 29.8 Å². The summed E-state index contributed by atoms with van der Waals surface area (Å²) < 4.78 is 0. The Bertz CT molecular complexity index is 399. The fourth-order valence-corrected chi connectivity index (χ4v) is 2.55. The Morgan fingerprint density at radius 1 is 1.28 bits per heavy atom. The molecule has 0 heterocycles. The molecule has 3 heteroatoms. The summed E-state index contributed by atoms with van der Waals surface area (Å²) in [6, 6.07) is 8.34. The Hall–Kier alpha value is -1.51. The highest BCUT2D eigenvalue weighted by Gasteiger charge is 2.20. The molecule has 0 radical (unpaired) electrons. The van der Waals surface area contributed by atoms with Crippen LogP contribution in [0.25, 0.3) is 0 Å². The lowest BCUT2D eigenvalue weighted by Crippen LogP contribution is -2.22. The predicted octanol–water partition coefficient (Wildman–Crippen LogP) is 3.04. The maximum Gasteiger partial charge on any atom is 0.251 e. The van der Waals surface area contributed by atoms with Gasteiger partial charge in [0.2, 0.25) is 0 Å². The minimum atomic E-state index is -0.00135. The molecule has 1 saturated carbocycles. The van der Waals surface area contributed by atoms with Gasteiger partial charge in [0.05, 0.1) is 0 Å². The van der Waals surface area contributed by atoms with Crippen molar-refractivity contribution in [2.45, 2.75) is 39.2 Å². The first-order valence-corrected chi connectivity index (χ1v) is 6.84. The summed E-state index contributed by atoms with van der Waals surface area (Å²) in [7, 11) is 0. The Morgan fingerprint density at radius 3 is 2.56 bits per heavy atom. The van der Waals surface area contributed by atoms with Crippen LogP contribution in [0.4, 0.5) is 5.69 Å². The number of amides is 1. The van der Waals surface area contributed by atoms with Crippen molar-refractivity contribution in [1.29, 1.82) is 0 Å². The summed E-state index contributed by atoms with van der Waals surface area (Å²) in [5.41, 5.74) is 1.84. The zero-order chi connectivity index (χ0) is 13.0. The second-order valence-corrected chi connectivity index (χ2v) is 5.20. The molecule has 0 aliphatic heterocycles. The number of nitrogens with one attached hydrogen (secondary N) is 2. The van der Waals surface area contributed by atoms with E-state index in [1.807, 2.05) is 31.2 Å². The zero-order valence-electron chi connectivity index (χ0n) is 11.2. The summed E-state index contributed by atoms with van der Waals surface area (Å²) in [5, 5.41) is 6.34. The number of rotatable bonds is 4. The van der Waals surface area contributed by atoms with Gasteiger partial charge in [0.25, 0.3) is 5.91 Å². The molecule has 2 N–H and O–H groups in total. The molecule has 0 spiro atoms. The van der Waals surface area contributed by atoms with Gasteiger partial charge in [-0.2, -0.15) is 0 Å². The van der Waals surface area contributed by atoms with Gasteiger partial charge >= 0.3 is 0 Å². The second-order valence-electron chi connectivity index (χ2n) is 5.20. The van der Waals surface area contributed by atoms with Gasteiger partial charge in [0, 0.05) is 23.8 Å². The Labute approximate surface area is 109 Å². The maximum absolute atomic E-state index is 11.6. The maximum atomic E-state index is 11.6. The minimum absolute atomic E-state index is 0.00135. The molecule has 98 valence electrons. The van der Waals surface area contributed by atoms with Crippen LogP contribution < -0.4 is 10.6 Å². The summed E-state index contributed by atoms with van der Waals surface area (Å²) in [4.78, 5) is 11.6. The number of anilines is 1. The van der Waals surface area contributed by atoms with Crippen molar-refractivity contribution < 1.29 is 4.79 Å². The topological polar surface area (TPSA) is 41.1 Å². The highest BCUT2D eigenvalue weighted by atomic mass is 16.1. The van der Waals surface area contributed by atoms with Crippen LogP contribution in [-0.2, 0) is 0 Å². The summed E-state index contributed by atoms with van der Waals surface area (Å²) in [6.07, 6.45) is 3.81. The van der Waals surface area contributed by atoms with Gasteiger partial charge in [-0.3, -0.25) is 4.79 Å². The van der Waals surface area contributed by atoms with Crippen LogP contribution in [0.5, 0.6) is 0 Å². The van der Waals surface area contributed by atoms with E-state index in [9.17, 15) is 4.79 Å². The van der Waals surface area contributed by atoms with Crippen molar-refractivity contribution in [1.82, 2.24) is 5.32 Å². The van der Waals surface area contributed by atoms with Crippen LogP contribution in [-0.4, -0.2) is 18.5 Å². The highest BCUT2D eigenvalue weighted by Crippen LogP contribution is 2.27. The molecule has 1 amide bonds. The molecule has 1 aromatic rings. The molecule has 0 saturated heterocycles. The third-order valence-corrected chi connectivity index (χ3v) is 3.55. The van der Waals surface area contributed by atoms with E-state index in [0.717, 1.165) is 17.2 Å². The van der Waals surface area contributed by atoms with Crippen LogP contribution in [0.1, 0.15) is 43.5 Å². The quantitative estimate of drug-likeness (QED) is 0.857. The van der Waals surface area contributed by atoms with Crippen LogP contribution in [0.2, 0.25) is 0 Å². The molecule has 2 unspecified atom stereocenters. The van der Waals surface area contributed by atoms with E-state index in [2.05, 4.69) is 17.6 Å². The fraction of sp³-hybridized carbons (Fsp3) is 0.533. The van der Waals surface area contributed by atoms with Crippen LogP contribution in [0.15, 0.2) is 24.3 Å². The first kappa shape index (κ1) is 12.9. The summed E-state index contributed by atoms with van der Waals surface area (Å²) >= 11 is 0. The van der Waals surface area contributed by atoms with Gasteiger partial charge < -0.3 is 10.6 Å². The van der Waals surface area contributed by atoms with E-state index in [0.29, 0.717) is 12.6 Å². The number of carbonyl (C=O) groups excluding carboxylic acids is 1. The SMILES string of the molecule is CCNC(=O)c1ccc(NC2CCC(C)C2)cc1. The third kappa shape index (κ3) is 3.25. The Balaban J connectivity index is 1.93. The van der Waals surface area contributed by atoms with E-state index < -0.39 is 0 Å². The highest BCUT2D eigenvalue weighted by molar-refractivity contribution is 5.94. The summed E-state index contributed by atoms with van der Waals surface area (Å²) in [5.74, 6) is 0.829. The van der Waals surface area contributed by atoms with Gasteiger partial charge in [0.15, 0.2) is 0 Å². The molecule has 1 aromatic carbocycles. The third-order valence-electron chi connectivity index (χ3n) is 3.55. The fourth-order valence-electron chi connectivity index (χ4n) is 2.55. The van der Waals surface area contributed by atoms with Crippen molar-refractivity contribution >= 4 is 11.6 Å². The molecule has 1 aliphatic carbocycles. The van der Waals surface area contributed by atoms with Gasteiger partial charge in [0.1, 0.15) is 0 Å². The van der Waals surface area contributed by atoms with Crippen molar-refractivity contribution in [2.24, 2.45) is 5.92 Å². The average Bonchev–Trinajstić information content (AvgIpc) is 2.76. The standard InChI is InChI=1S/C15H22N2O/c1-3-16-15(18)12-5-8-13(9-6-12)17-14-7-4-11(2)10-14/h5-6,8-9,11,14,17H,3-4,7,10H2,1-2H3,(H,16,18). The van der Waals surface area contributed by atoms with E-state index in [-0.39, 0.29) is 5.91 Å². The molecule has 1 fully saturated rings. The first-order valence-electron chi connectivity index (χ1n) is 6.84. The van der Waals surface area contributed by atoms with E-state index >= 15 is 0 Å². The first-order chi connectivity index (χ1) is 8.69. The van der Waals surface area contributed by atoms with Crippen LogP contribution in [0.3, 0.4) is 0 Å². The summed E-state index contributed by atoms with van der Waals surface area (Å²) in [6.45, 7) is 4.90. The molecule has 0 aromatic heterocycles. The molecule has 3 nitrogen and oxygen atoms in total. The van der Waals surface area contributed by atoms with Gasteiger partial charge in [-0.05, 0) is 56.4 Å². The largest absolute Gasteiger partial charge is 0.382 e. The van der Waals surface area contributed by atoms with Crippen molar-refractivity contribution in [3.8, 4) is 0 Å². The molecule has 18 heavy (non-hydrogen) atoms. The number of hydrogen-bond donors (Lipinski definition) is 2. The molecular weight excluding hydrogens is 224 g/mol. The van der Waals surface area contributed by atoms with Gasteiger partial charge in [-0.15, -0.1) is 0 Å². The lowest BCUT2D eigenvalue weighted by molar-refractivity contribution is 0.0956. The van der Waals surface area contributed by atoms with Crippen molar-refractivity contribution in [2.75, 3.05) is 11.9 Å². The normalized spacial score (nSPS) is 22.8. The van der Waals surface area contributed by atoms with Gasteiger partial charge in [-0.25, -0.2) is 0 Å². The molecule has 0 bridgehead atoms. The molecule has 2 rings (SSSR count). The van der Waals surface area contributed by atoms with Crippen LogP contribution >= 0.6 is 0 Å². The lowest BCUT2D eigenvalue weighted by Gasteiger charge is -2.14. The van der Waals surface area contributed by atoms with E-state index in [4.69, 9.17) is 0 Å². The second kappa shape index (κ2) is 5.89.